The Labute approximate surface area is 121 Å². The van der Waals surface area contributed by atoms with Crippen molar-refractivity contribution < 1.29 is 4.79 Å². The standard InChI is InChI=1S/C14H13ClN4O/c1-2-7-16-14-17-8-10(9-18-14)13(20)19-12-5-3-11(15)4-6-12/h2-6,8-9H,1,7H2,(H,19,20)(H,16,17,18). The van der Waals surface area contributed by atoms with E-state index >= 15 is 0 Å². The Morgan fingerprint density at radius 1 is 1.25 bits per heavy atom. The summed E-state index contributed by atoms with van der Waals surface area (Å²) >= 11 is 5.78. The zero-order valence-electron chi connectivity index (χ0n) is 10.6. The van der Waals surface area contributed by atoms with E-state index in [1.54, 1.807) is 30.3 Å². The van der Waals surface area contributed by atoms with Crippen molar-refractivity contribution in [3.8, 4) is 0 Å². The van der Waals surface area contributed by atoms with Crippen LogP contribution in [-0.2, 0) is 0 Å². The molecule has 1 aromatic carbocycles. The van der Waals surface area contributed by atoms with E-state index in [4.69, 9.17) is 11.6 Å². The van der Waals surface area contributed by atoms with Gasteiger partial charge in [-0.2, -0.15) is 0 Å². The van der Waals surface area contributed by atoms with Gasteiger partial charge in [-0.05, 0) is 24.3 Å². The molecule has 0 fully saturated rings. The van der Waals surface area contributed by atoms with E-state index < -0.39 is 0 Å². The zero-order valence-corrected chi connectivity index (χ0v) is 11.4. The number of nitrogens with zero attached hydrogens (tertiary/aromatic N) is 2. The summed E-state index contributed by atoms with van der Waals surface area (Å²) < 4.78 is 0. The number of rotatable bonds is 5. The Bertz CT molecular complexity index is 596. The van der Waals surface area contributed by atoms with Gasteiger partial charge in [0.25, 0.3) is 5.91 Å². The molecule has 0 aliphatic carbocycles. The van der Waals surface area contributed by atoms with E-state index in [-0.39, 0.29) is 5.91 Å². The van der Waals surface area contributed by atoms with E-state index in [0.29, 0.717) is 28.8 Å². The Kier molecular flexibility index (Phi) is 4.68. The van der Waals surface area contributed by atoms with Gasteiger partial charge in [-0.15, -0.1) is 6.58 Å². The van der Waals surface area contributed by atoms with E-state index in [1.807, 2.05) is 0 Å². The second-order valence-electron chi connectivity index (χ2n) is 3.93. The fourth-order valence-electron chi connectivity index (χ4n) is 1.44. The predicted octanol–water partition coefficient (Wildman–Crippen LogP) is 2.98. The molecule has 0 atom stereocenters. The Morgan fingerprint density at radius 2 is 1.90 bits per heavy atom. The minimum absolute atomic E-state index is 0.275. The van der Waals surface area contributed by atoms with E-state index in [9.17, 15) is 4.79 Å². The molecule has 2 rings (SSSR count). The second-order valence-corrected chi connectivity index (χ2v) is 4.36. The fraction of sp³-hybridized carbons (Fsp3) is 0.0714. The van der Waals surface area contributed by atoms with Gasteiger partial charge in [-0.1, -0.05) is 17.7 Å². The topological polar surface area (TPSA) is 66.9 Å². The van der Waals surface area contributed by atoms with Gasteiger partial charge in [0.05, 0.1) is 5.56 Å². The van der Waals surface area contributed by atoms with Crippen molar-refractivity contribution in [3.05, 3.63) is 59.9 Å². The summed E-state index contributed by atoms with van der Waals surface area (Å²) in [5.74, 6) is 0.176. The molecule has 1 aromatic heterocycles. The van der Waals surface area contributed by atoms with E-state index in [1.165, 1.54) is 12.4 Å². The van der Waals surface area contributed by atoms with Crippen LogP contribution in [0.1, 0.15) is 10.4 Å². The molecule has 0 unspecified atom stereocenters. The first kappa shape index (κ1) is 14.0. The third kappa shape index (κ3) is 3.80. The molecule has 0 aliphatic heterocycles. The molecule has 0 spiro atoms. The van der Waals surface area contributed by atoms with E-state index in [2.05, 4.69) is 27.2 Å². The number of nitrogens with one attached hydrogen (secondary N) is 2. The number of aromatic nitrogens is 2. The van der Waals surface area contributed by atoms with Crippen LogP contribution in [0, 0.1) is 0 Å². The van der Waals surface area contributed by atoms with Crippen molar-refractivity contribution in [1.82, 2.24) is 9.97 Å². The lowest BCUT2D eigenvalue weighted by Crippen LogP contribution is -2.13. The van der Waals surface area contributed by atoms with Crippen LogP contribution in [-0.4, -0.2) is 22.4 Å². The van der Waals surface area contributed by atoms with Gasteiger partial charge in [0, 0.05) is 29.6 Å². The van der Waals surface area contributed by atoms with E-state index in [0.717, 1.165) is 0 Å². The molecular formula is C14H13ClN4O. The van der Waals surface area contributed by atoms with Crippen LogP contribution in [0.25, 0.3) is 0 Å². The molecule has 1 heterocycles. The minimum Gasteiger partial charge on any atom is -0.351 e. The molecule has 2 N–H and O–H groups in total. The molecule has 2 aromatic rings. The van der Waals surface area contributed by atoms with Crippen molar-refractivity contribution in [1.29, 1.82) is 0 Å². The van der Waals surface area contributed by atoms with Crippen molar-refractivity contribution in [2.24, 2.45) is 0 Å². The van der Waals surface area contributed by atoms with Crippen molar-refractivity contribution in [3.63, 3.8) is 0 Å². The number of hydrogen-bond donors (Lipinski definition) is 2. The normalized spacial score (nSPS) is 9.85. The second kappa shape index (κ2) is 6.68. The van der Waals surface area contributed by atoms with Gasteiger partial charge in [-0.3, -0.25) is 4.79 Å². The number of carbonyl (C=O) groups excluding carboxylic acids is 1. The van der Waals surface area contributed by atoms with Crippen molar-refractivity contribution in [2.45, 2.75) is 0 Å². The van der Waals surface area contributed by atoms with Gasteiger partial charge in [0.2, 0.25) is 5.95 Å². The molecule has 0 saturated heterocycles. The minimum atomic E-state index is -0.275. The summed E-state index contributed by atoms with van der Waals surface area (Å²) in [5.41, 5.74) is 1.04. The Hall–Kier alpha value is -2.40. The highest BCUT2D eigenvalue weighted by Crippen LogP contribution is 2.14. The van der Waals surface area contributed by atoms with Gasteiger partial charge in [-0.25, -0.2) is 9.97 Å². The maximum atomic E-state index is 12.0. The monoisotopic (exact) mass is 288 g/mol. The zero-order chi connectivity index (χ0) is 14.4. The van der Waals surface area contributed by atoms with Gasteiger partial charge in [0.1, 0.15) is 0 Å². The summed E-state index contributed by atoms with van der Waals surface area (Å²) in [6.07, 6.45) is 4.62. The maximum absolute atomic E-state index is 12.0. The number of hydrogen-bond acceptors (Lipinski definition) is 4. The smallest absolute Gasteiger partial charge is 0.258 e. The van der Waals surface area contributed by atoms with Crippen molar-refractivity contribution in [2.75, 3.05) is 17.2 Å². The number of amides is 1. The highest BCUT2D eigenvalue weighted by Gasteiger charge is 2.07. The molecule has 1 amide bonds. The molecule has 0 radical (unpaired) electrons. The lowest BCUT2D eigenvalue weighted by Gasteiger charge is -2.05. The largest absolute Gasteiger partial charge is 0.351 e. The van der Waals surface area contributed by atoms with Crippen LogP contribution < -0.4 is 10.6 Å². The first-order chi connectivity index (χ1) is 9.69. The van der Waals surface area contributed by atoms with Crippen LogP contribution in [0.5, 0.6) is 0 Å². The number of carbonyl (C=O) groups is 1. The summed E-state index contributed by atoms with van der Waals surface area (Å²) in [7, 11) is 0. The molecule has 0 aliphatic rings. The number of halogens is 1. The molecule has 0 bridgehead atoms. The van der Waals surface area contributed by atoms with Gasteiger partial charge < -0.3 is 10.6 Å². The number of anilines is 2. The van der Waals surface area contributed by atoms with Gasteiger partial charge >= 0.3 is 0 Å². The Morgan fingerprint density at radius 3 is 2.50 bits per heavy atom. The summed E-state index contributed by atoms with van der Waals surface area (Å²) in [4.78, 5) is 20.0. The average Bonchev–Trinajstić information content (AvgIpc) is 2.48. The fourth-order valence-corrected chi connectivity index (χ4v) is 1.56. The lowest BCUT2D eigenvalue weighted by molar-refractivity contribution is 0.102. The van der Waals surface area contributed by atoms with Crippen LogP contribution >= 0.6 is 11.6 Å². The predicted molar refractivity (Wildman–Crippen MR) is 80.1 cm³/mol. The summed E-state index contributed by atoms with van der Waals surface area (Å²) in [6.45, 7) is 4.15. The first-order valence-corrected chi connectivity index (χ1v) is 6.30. The quantitative estimate of drug-likeness (QED) is 0.830. The molecular weight excluding hydrogens is 276 g/mol. The van der Waals surface area contributed by atoms with Crippen LogP contribution in [0.2, 0.25) is 5.02 Å². The molecule has 6 heteroatoms. The molecule has 5 nitrogen and oxygen atoms in total. The SMILES string of the molecule is C=CCNc1ncc(C(=O)Nc2ccc(Cl)cc2)cn1. The van der Waals surface area contributed by atoms with Crippen LogP contribution in [0.4, 0.5) is 11.6 Å². The highest BCUT2D eigenvalue weighted by molar-refractivity contribution is 6.30. The molecule has 102 valence electrons. The maximum Gasteiger partial charge on any atom is 0.258 e. The Balaban J connectivity index is 2.01. The van der Waals surface area contributed by atoms with Crippen LogP contribution in [0.15, 0.2) is 49.3 Å². The van der Waals surface area contributed by atoms with Gasteiger partial charge in [0.15, 0.2) is 0 Å². The first-order valence-electron chi connectivity index (χ1n) is 5.93. The highest BCUT2D eigenvalue weighted by atomic mass is 35.5. The van der Waals surface area contributed by atoms with Crippen molar-refractivity contribution >= 4 is 29.1 Å². The third-order valence-electron chi connectivity index (χ3n) is 2.42. The molecule has 20 heavy (non-hydrogen) atoms. The average molecular weight is 289 g/mol. The third-order valence-corrected chi connectivity index (χ3v) is 2.67. The lowest BCUT2D eigenvalue weighted by atomic mass is 10.3. The number of benzene rings is 1. The van der Waals surface area contributed by atoms with Crippen LogP contribution in [0.3, 0.4) is 0 Å². The molecule has 0 saturated carbocycles. The summed E-state index contributed by atoms with van der Waals surface area (Å²) in [6, 6.07) is 6.86. The summed E-state index contributed by atoms with van der Waals surface area (Å²) in [5, 5.41) is 6.28.